The van der Waals surface area contributed by atoms with Crippen LogP contribution in [0.15, 0.2) is 6.07 Å². The molecule has 0 fully saturated rings. The Hall–Kier alpha value is -2.02. The molecule has 19 heavy (non-hydrogen) atoms. The van der Waals surface area contributed by atoms with E-state index in [9.17, 15) is 9.90 Å². The molecule has 0 aromatic carbocycles. The van der Waals surface area contributed by atoms with Crippen molar-refractivity contribution in [1.82, 2.24) is 4.98 Å². The Balaban J connectivity index is 2.46. The second-order valence-electron chi connectivity index (χ2n) is 5.40. The zero-order chi connectivity index (χ0) is 14.0. The van der Waals surface area contributed by atoms with Crippen molar-refractivity contribution in [2.75, 3.05) is 5.32 Å². The van der Waals surface area contributed by atoms with E-state index in [1.54, 1.807) is 6.07 Å². The van der Waals surface area contributed by atoms with Crippen molar-refractivity contribution in [3.8, 4) is 12.3 Å². The van der Waals surface area contributed by atoms with Gasteiger partial charge in [-0.3, -0.25) is 0 Å². The number of aromatic carboxylic acids is 1. The Morgan fingerprint density at radius 3 is 2.79 bits per heavy atom. The lowest BCUT2D eigenvalue weighted by atomic mass is 9.94. The van der Waals surface area contributed by atoms with Gasteiger partial charge < -0.3 is 10.4 Å². The summed E-state index contributed by atoms with van der Waals surface area (Å²) in [6.07, 6.45) is 9.43. The number of nitrogens with one attached hydrogen (secondary N) is 1. The van der Waals surface area contributed by atoms with Gasteiger partial charge in [0.2, 0.25) is 0 Å². The first-order valence-electron chi connectivity index (χ1n) is 6.45. The van der Waals surface area contributed by atoms with E-state index >= 15 is 0 Å². The molecule has 1 aromatic rings. The van der Waals surface area contributed by atoms with Gasteiger partial charge in [0.25, 0.3) is 0 Å². The van der Waals surface area contributed by atoms with Crippen molar-refractivity contribution in [3.05, 3.63) is 22.9 Å². The van der Waals surface area contributed by atoms with E-state index < -0.39 is 11.5 Å². The Kier molecular flexibility index (Phi) is 3.48. The maximum Gasteiger partial charge on any atom is 0.339 e. The highest BCUT2D eigenvalue weighted by Gasteiger charge is 2.22. The molecule has 2 N–H and O–H groups in total. The number of carbonyl (C=O) groups is 1. The van der Waals surface area contributed by atoms with Crippen molar-refractivity contribution in [1.29, 1.82) is 0 Å². The summed E-state index contributed by atoms with van der Waals surface area (Å²) in [5.74, 6) is 1.99. The van der Waals surface area contributed by atoms with Crippen molar-refractivity contribution < 1.29 is 9.90 Å². The number of anilines is 1. The van der Waals surface area contributed by atoms with Gasteiger partial charge in [0.05, 0.1) is 5.54 Å². The highest BCUT2D eigenvalue weighted by Crippen LogP contribution is 2.26. The number of carboxylic acids is 1. The third-order valence-corrected chi connectivity index (χ3v) is 3.32. The molecule has 0 atom stereocenters. The minimum absolute atomic E-state index is 0.198. The third kappa shape index (κ3) is 2.87. The molecule has 1 aliphatic carbocycles. The fourth-order valence-electron chi connectivity index (χ4n) is 2.22. The first-order valence-corrected chi connectivity index (χ1v) is 6.45. The molecule has 0 unspecified atom stereocenters. The maximum absolute atomic E-state index is 11.4. The lowest BCUT2D eigenvalue weighted by molar-refractivity contribution is 0.0697. The second-order valence-corrected chi connectivity index (χ2v) is 5.40. The van der Waals surface area contributed by atoms with Gasteiger partial charge in [-0.1, -0.05) is 5.92 Å². The molecule has 4 nitrogen and oxygen atoms in total. The average molecular weight is 258 g/mol. The SMILES string of the molecule is C#CC(C)(C)Nc1nc2c(cc1C(=O)O)CCCC2. The van der Waals surface area contributed by atoms with Gasteiger partial charge in [-0.25, -0.2) is 9.78 Å². The third-order valence-electron chi connectivity index (χ3n) is 3.32. The Morgan fingerprint density at radius 2 is 2.16 bits per heavy atom. The highest BCUT2D eigenvalue weighted by atomic mass is 16.4. The summed E-state index contributed by atoms with van der Waals surface area (Å²) >= 11 is 0. The number of pyridine rings is 1. The normalized spacial score (nSPS) is 14.4. The molecule has 1 aliphatic rings. The Bertz CT molecular complexity index is 556. The molecule has 0 bridgehead atoms. The zero-order valence-corrected chi connectivity index (χ0v) is 11.3. The minimum atomic E-state index is -0.976. The van der Waals surface area contributed by atoms with E-state index in [1.807, 2.05) is 13.8 Å². The number of terminal acetylenes is 1. The predicted molar refractivity (Wildman–Crippen MR) is 74.4 cm³/mol. The van der Waals surface area contributed by atoms with Crippen LogP contribution in [0.2, 0.25) is 0 Å². The fraction of sp³-hybridized carbons (Fsp3) is 0.467. The smallest absolute Gasteiger partial charge is 0.339 e. The molecule has 2 rings (SSSR count). The molecule has 0 aliphatic heterocycles. The van der Waals surface area contributed by atoms with Crippen molar-refractivity contribution >= 4 is 11.8 Å². The zero-order valence-electron chi connectivity index (χ0n) is 11.3. The standard InChI is InChI=1S/C15H18N2O2/c1-4-15(2,3)17-13-11(14(18)19)9-10-7-5-6-8-12(10)16-13/h1,9H,5-8H2,2-3H3,(H,16,17)(H,18,19). The van der Waals surface area contributed by atoms with Crippen LogP contribution in [0, 0.1) is 12.3 Å². The van der Waals surface area contributed by atoms with E-state index in [4.69, 9.17) is 6.42 Å². The van der Waals surface area contributed by atoms with E-state index in [-0.39, 0.29) is 5.56 Å². The summed E-state index contributed by atoms with van der Waals surface area (Å²) in [4.78, 5) is 15.8. The van der Waals surface area contributed by atoms with Crippen LogP contribution < -0.4 is 5.32 Å². The Labute approximate surface area is 113 Å². The Morgan fingerprint density at radius 1 is 1.47 bits per heavy atom. The molecule has 0 amide bonds. The minimum Gasteiger partial charge on any atom is -0.478 e. The molecular weight excluding hydrogens is 240 g/mol. The van der Waals surface area contributed by atoms with Crippen LogP contribution in [0.25, 0.3) is 0 Å². The summed E-state index contributed by atoms with van der Waals surface area (Å²) in [6.45, 7) is 3.64. The fourth-order valence-corrected chi connectivity index (χ4v) is 2.22. The number of hydrogen-bond acceptors (Lipinski definition) is 3. The first kappa shape index (κ1) is 13.4. The molecule has 0 saturated heterocycles. The van der Waals surface area contributed by atoms with Gasteiger partial charge in [-0.05, 0) is 51.2 Å². The lowest BCUT2D eigenvalue weighted by Gasteiger charge is -2.24. The van der Waals surface area contributed by atoms with Crippen LogP contribution in [0.4, 0.5) is 5.82 Å². The van der Waals surface area contributed by atoms with Crippen LogP contribution in [0.5, 0.6) is 0 Å². The monoisotopic (exact) mass is 258 g/mol. The summed E-state index contributed by atoms with van der Waals surface area (Å²) < 4.78 is 0. The summed E-state index contributed by atoms with van der Waals surface area (Å²) in [5.41, 5.74) is 1.61. The predicted octanol–water partition coefficient (Wildman–Crippen LogP) is 2.48. The maximum atomic E-state index is 11.4. The molecule has 1 heterocycles. The second kappa shape index (κ2) is 4.93. The van der Waals surface area contributed by atoms with E-state index in [0.29, 0.717) is 5.82 Å². The summed E-state index contributed by atoms with van der Waals surface area (Å²) in [7, 11) is 0. The summed E-state index contributed by atoms with van der Waals surface area (Å²) in [6, 6.07) is 1.73. The topological polar surface area (TPSA) is 62.2 Å². The van der Waals surface area contributed by atoms with Crippen molar-refractivity contribution in [3.63, 3.8) is 0 Å². The van der Waals surface area contributed by atoms with Gasteiger partial charge >= 0.3 is 5.97 Å². The van der Waals surface area contributed by atoms with Crippen molar-refractivity contribution in [2.24, 2.45) is 0 Å². The van der Waals surface area contributed by atoms with Crippen molar-refractivity contribution in [2.45, 2.75) is 45.1 Å². The van der Waals surface area contributed by atoms with Gasteiger partial charge in [0.15, 0.2) is 0 Å². The van der Waals surface area contributed by atoms with Gasteiger partial charge in [0.1, 0.15) is 11.4 Å². The van der Waals surface area contributed by atoms with Crippen LogP contribution in [-0.2, 0) is 12.8 Å². The van der Waals surface area contributed by atoms with Crippen LogP contribution in [0.1, 0.15) is 48.3 Å². The van der Waals surface area contributed by atoms with E-state index in [2.05, 4.69) is 16.2 Å². The number of aromatic nitrogens is 1. The molecule has 0 spiro atoms. The number of nitrogens with zero attached hydrogens (tertiary/aromatic N) is 1. The molecule has 0 radical (unpaired) electrons. The molecule has 0 saturated carbocycles. The molecular formula is C15H18N2O2. The van der Waals surface area contributed by atoms with E-state index in [1.165, 1.54) is 0 Å². The number of aryl methyl sites for hydroxylation is 2. The van der Waals surface area contributed by atoms with E-state index in [0.717, 1.165) is 36.9 Å². The number of hydrogen-bond donors (Lipinski definition) is 2. The number of rotatable bonds is 3. The van der Waals surface area contributed by atoms with Crippen LogP contribution >= 0.6 is 0 Å². The van der Waals surface area contributed by atoms with Crippen LogP contribution in [0.3, 0.4) is 0 Å². The van der Waals surface area contributed by atoms with Gasteiger partial charge in [-0.2, -0.15) is 0 Å². The quantitative estimate of drug-likeness (QED) is 0.818. The molecule has 100 valence electrons. The summed E-state index contributed by atoms with van der Waals surface area (Å²) in [5, 5.41) is 12.3. The van der Waals surface area contributed by atoms with Gasteiger partial charge in [-0.15, -0.1) is 6.42 Å². The average Bonchev–Trinajstić information content (AvgIpc) is 2.37. The van der Waals surface area contributed by atoms with Gasteiger partial charge in [0, 0.05) is 5.69 Å². The number of fused-ring (bicyclic) bond motifs is 1. The first-order chi connectivity index (χ1) is 8.93. The molecule has 4 heteroatoms. The largest absolute Gasteiger partial charge is 0.478 e. The highest BCUT2D eigenvalue weighted by molar-refractivity contribution is 5.93. The number of carboxylic acid groups (broad SMARTS) is 1. The lowest BCUT2D eigenvalue weighted by Crippen LogP contribution is -2.30. The van der Waals surface area contributed by atoms with Crippen LogP contribution in [-0.4, -0.2) is 21.6 Å². The molecule has 1 aromatic heterocycles.